The molecule has 1 fully saturated rings. The highest BCUT2D eigenvalue weighted by Gasteiger charge is 2.26. The maximum Gasteiger partial charge on any atom is 0.257 e. The molecule has 0 spiro atoms. The maximum absolute atomic E-state index is 13.2. The van der Waals surface area contributed by atoms with Crippen LogP contribution in [-0.2, 0) is 11.4 Å². The standard InChI is InChI=1S/C24H29N5O3/c1-18-7-6-10-29-15-19(25-23(18)29)17-32-21-9-5-4-8-20(21)24(31)28-13-11-27(12-14-28)22(30)16-26(2)3/h4-10,15H,11-14,16-17H2,1-3H3. The van der Waals surface area contributed by atoms with E-state index in [0.29, 0.717) is 44.0 Å². The van der Waals surface area contributed by atoms with Crippen molar-refractivity contribution in [2.45, 2.75) is 13.5 Å². The second-order valence-corrected chi connectivity index (χ2v) is 8.35. The topological polar surface area (TPSA) is 70.4 Å². The number of carbonyl (C=O) groups excluding carboxylic acids is 2. The highest BCUT2D eigenvalue weighted by atomic mass is 16.5. The van der Waals surface area contributed by atoms with Crippen molar-refractivity contribution < 1.29 is 14.3 Å². The van der Waals surface area contributed by atoms with E-state index in [9.17, 15) is 9.59 Å². The molecule has 168 valence electrons. The summed E-state index contributed by atoms with van der Waals surface area (Å²) in [6.07, 6.45) is 3.90. The average Bonchev–Trinajstić information content (AvgIpc) is 3.22. The van der Waals surface area contributed by atoms with Crippen LogP contribution in [0, 0.1) is 6.92 Å². The third kappa shape index (κ3) is 4.75. The van der Waals surface area contributed by atoms with Gasteiger partial charge in [-0.1, -0.05) is 18.2 Å². The number of nitrogens with zero attached hydrogens (tertiary/aromatic N) is 5. The molecule has 0 aliphatic carbocycles. The van der Waals surface area contributed by atoms with Crippen LogP contribution < -0.4 is 4.74 Å². The summed E-state index contributed by atoms with van der Waals surface area (Å²) in [6.45, 7) is 4.79. The number of ether oxygens (including phenoxy) is 1. The summed E-state index contributed by atoms with van der Waals surface area (Å²) < 4.78 is 7.99. The summed E-state index contributed by atoms with van der Waals surface area (Å²) in [5.74, 6) is 0.553. The van der Waals surface area contributed by atoms with E-state index in [-0.39, 0.29) is 18.4 Å². The van der Waals surface area contributed by atoms with E-state index in [0.717, 1.165) is 16.9 Å². The van der Waals surface area contributed by atoms with Crippen LogP contribution in [0.25, 0.3) is 5.65 Å². The number of aromatic nitrogens is 2. The molecular weight excluding hydrogens is 406 g/mol. The van der Waals surface area contributed by atoms with E-state index in [4.69, 9.17) is 4.74 Å². The van der Waals surface area contributed by atoms with Crippen LogP contribution in [0.3, 0.4) is 0 Å². The van der Waals surface area contributed by atoms with Crippen molar-refractivity contribution in [3.05, 3.63) is 65.6 Å². The minimum atomic E-state index is -0.0776. The molecule has 2 aromatic heterocycles. The first-order valence-electron chi connectivity index (χ1n) is 10.8. The van der Waals surface area contributed by atoms with Gasteiger partial charge in [0, 0.05) is 38.6 Å². The van der Waals surface area contributed by atoms with Gasteiger partial charge in [0.25, 0.3) is 5.91 Å². The molecule has 4 rings (SSSR count). The molecule has 0 atom stereocenters. The Bertz CT molecular complexity index is 1120. The number of fused-ring (bicyclic) bond motifs is 1. The van der Waals surface area contributed by atoms with E-state index >= 15 is 0 Å². The lowest BCUT2D eigenvalue weighted by atomic mass is 10.1. The van der Waals surface area contributed by atoms with Crippen LogP contribution in [0.4, 0.5) is 0 Å². The summed E-state index contributed by atoms with van der Waals surface area (Å²) in [5.41, 5.74) is 3.32. The number of aryl methyl sites for hydroxylation is 1. The normalized spacial score (nSPS) is 14.2. The van der Waals surface area contributed by atoms with Crippen LogP contribution in [0.15, 0.2) is 48.8 Å². The number of hydrogen-bond donors (Lipinski definition) is 0. The second kappa shape index (κ2) is 9.40. The number of imidazole rings is 1. The summed E-state index contributed by atoms with van der Waals surface area (Å²) in [7, 11) is 3.75. The van der Waals surface area contributed by atoms with Crippen molar-refractivity contribution >= 4 is 17.5 Å². The van der Waals surface area contributed by atoms with Crippen LogP contribution in [-0.4, -0.2) is 82.7 Å². The van der Waals surface area contributed by atoms with Gasteiger partial charge in [-0.3, -0.25) is 9.59 Å². The third-order valence-corrected chi connectivity index (χ3v) is 5.59. The van der Waals surface area contributed by atoms with Gasteiger partial charge in [0.15, 0.2) is 0 Å². The highest BCUT2D eigenvalue weighted by molar-refractivity contribution is 5.97. The van der Waals surface area contributed by atoms with Crippen molar-refractivity contribution in [2.75, 3.05) is 46.8 Å². The van der Waals surface area contributed by atoms with Gasteiger partial charge < -0.3 is 23.8 Å². The monoisotopic (exact) mass is 435 g/mol. The molecule has 0 N–H and O–H groups in total. The molecule has 3 heterocycles. The van der Waals surface area contributed by atoms with Gasteiger partial charge in [0.1, 0.15) is 18.0 Å². The van der Waals surface area contributed by atoms with E-state index < -0.39 is 0 Å². The number of piperazine rings is 1. The lowest BCUT2D eigenvalue weighted by molar-refractivity contribution is -0.133. The Morgan fingerprint density at radius 1 is 1.03 bits per heavy atom. The Hall–Kier alpha value is -3.39. The molecule has 1 aliphatic heterocycles. The Morgan fingerprint density at radius 2 is 1.75 bits per heavy atom. The highest BCUT2D eigenvalue weighted by Crippen LogP contribution is 2.22. The fourth-order valence-corrected chi connectivity index (χ4v) is 3.89. The van der Waals surface area contributed by atoms with Gasteiger partial charge in [-0.25, -0.2) is 4.98 Å². The Balaban J connectivity index is 1.41. The van der Waals surface area contributed by atoms with Crippen LogP contribution >= 0.6 is 0 Å². The summed E-state index contributed by atoms with van der Waals surface area (Å²) >= 11 is 0. The molecule has 0 bridgehead atoms. The zero-order valence-corrected chi connectivity index (χ0v) is 18.8. The van der Waals surface area contributed by atoms with Crippen molar-refractivity contribution in [1.82, 2.24) is 24.1 Å². The average molecular weight is 436 g/mol. The number of carbonyl (C=O) groups is 2. The van der Waals surface area contributed by atoms with Gasteiger partial charge >= 0.3 is 0 Å². The Kier molecular flexibility index (Phi) is 6.41. The molecule has 1 aliphatic rings. The molecule has 0 unspecified atom stereocenters. The fourth-order valence-electron chi connectivity index (χ4n) is 3.89. The summed E-state index contributed by atoms with van der Waals surface area (Å²) in [5, 5.41) is 0. The number of para-hydroxylation sites is 1. The molecule has 8 heteroatoms. The van der Waals surface area contributed by atoms with Crippen LogP contribution in [0.1, 0.15) is 21.6 Å². The van der Waals surface area contributed by atoms with Gasteiger partial charge in [-0.2, -0.15) is 0 Å². The van der Waals surface area contributed by atoms with Gasteiger partial charge in [-0.15, -0.1) is 0 Å². The van der Waals surface area contributed by atoms with Gasteiger partial charge in [-0.05, 0) is 44.8 Å². The lowest BCUT2D eigenvalue weighted by Crippen LogP contribution is -2.52. The number of amides is 2. The van der Waals surface area contributed by atoms with E-state index in [1.165, 1.54) is 0 Å². The molecule has 2 amide bonds. The van der Waals surface area contributed by atoms with Crippen molar-refractivity contribution in [2.24, 2.45) is 0 Å². The molecule has 0 radical (unpaired) electrons. The minimum Gasteiger partial charge on any atom is -0.486 e. The zero-order valence-electron chi connectivity index (χ0n) is 18.8. The molecule has 8 nitrogen and oxygen atoms in total. The predicted molar refractivity (Wildman–Crippen MR) is 122 cm³/mol. The minimum absolute atomic E-state index is 0.0776. The summed E-state index contributed by atoms with van der Waals surface area (Å²) in [6, 6.07) is 11.3. The molecule has 0 saturated carbocycles. The number of likely N-dealkylation sites (N-methyl/N-ethyl adjacent to an activating group) is 1. The van der Waals surface area contributed by atoms with Crippen molar-refractivity contribution in [3.63, 3.8) is 0 Å². The number of hydrogen-bond acceptors (Lipinski definition) is 5. The smallest absolute Gasteiger partial charge is 0.257 e. The van der Waals surface area contributed by atoms with Crippen LogP contribution in [0.2, 0.25) is 0 Å². The fraction of sp³-hybridized carbons (Fsp3) is 0.375. The first kappa shape index (κ1) is 21.8. The first-order valence-corrected chi connectivity index (χ1v) is 10.8. The number of benzene rings is 1. The predicted octanol–water partition coefficient (Wildman–Crippen LogP) is 2.07. The number of rotatable bonds is 6. The Labute approximate surface area is 188 Å². The third-order valence-electron chi connectivity index (χ3n) is 5.59. The quantitative estimate of drug-likeness (QED) is 0.593. The van der Waals surface area contributed by atoms with E-state index in [2.05, 4.69) is 4.98 Å². The molecule has 1 aromatic carbocycles. The van der Waals surface area contributed by atoms with Crippen molar-refractivity contribution in [1.29, 1.82) is 0 Å². The largest absolute Gasteiger partial charge is 0.486 e. The number of pyridine rings is 1. The lowest BCUT2D eigenvalue weighted by Gasteiger charge is -2.35. The molecular formula is C24H29N5O3. The first-order chi connectivity index (χ1) is 15.4. The Morgan fingerprint density at radius 3 is 2.47 bits per heavy atom. The molecule has 3 aromatic rings. The van der Waals surface area contributed by atoms with E-state index in [1.54, 1.807) is 11.0 Å². The molecule has 32 heavy (non-hydrogen) atoms. The van der Waals surface area contributed by atoms with Gasteiger partial charge in [0.2, 0.25) is 5.91 Å². The molecule has 1 saturated heterocycles. The summed E-state index contributed by atoms with van der Waals surface area (Å²) in [4.78, 5) is 35.6. The van der Waals surface area contributed by atoms with Gasteiger partial charge in [0.05, 0.1) is 17.8 Å². The second-order valence-electron chi connectivity index (χ2n) is 8.35. The maximum atomic E-state index is 13.2. The van der Waals surface area contributed by atoms with Crippen molar-refractivity contribution in [3.8, 4) is 5.75 Å². The zero-order chi connectivity index (χ0) is 22.7. The van der Waals surface area contributed by atoms with Crippen LogP contribution in [0.5, 0.6) is 5.75 Å². The SMILES string of the molecule is Cc1cccn2cc(COc3ccccc3C(=O)N3CCN(C(=O)CN(C)C)CC3)nc12. The van der Waals surface area contributed by atoms with E-state index in [1.807, 2.05) is 77.9 Å².